The van der Waals surface area contributed by atoms with Crippen LogP contribution in [0.5, 0.6) is 0 Å². The number of hydrogen-bond acceptors (Lipinski definition) is 2. The predicted molar refractivity (Wildman–Crippen MR) is 57.9 cm³/mol. The molecular weight excluding hydrogens is 216 g/mol. The number of aliphatic imine (C=N–C) groups is 1. The first-order valence-electron chi connectivity index (χ1n) is 4.27. The molecule has 0 aliphatic heterocycles. The maximum Gasteiger partial charge on any atom is 0.134 e. The van der Waals surface area contributed by atoms with E-state index < -0.39 is 11.6 Å². The molecule has 0 aliphatic carbocycles. The normalized spacial score (nSPS) is 11.1. The molecule has 1 nitrogen and oxygen atoms in total. The average molecular weight is 223 g/mol. The second-order valence-electron chi connectivity index (χ2n) is 2.91. The van der Waals surface area contributed by atoms with Crippen molar-refractivity contribution in [1.29, 1.82) is 0 Å². The molecule has 0 spiro atoms. The van der Waals surface area contributed by atoms with Crippen LogP contribution in [0.2, 0.25) is 0 Å². The van der Waals surface area contributed by atoms with Gasteiger partial charge in [0, 0.05) is 23.2 Å². The molecule has 0 fully saturated rings. The molecule has 0 bridgehead atoms. The molecule has 1 aromatic carbocycles. The van der Waals surface area contributed by atoms with Gasteiger partial charge in [0.05, 0.1) is 5.69 Å². The van der Waals surface area contributed by atoms with Crippen LogP contribution in [-0.4, -0.2) is 6.21 Å². The van der Waals surface area contributed by atoms with Crippen LogP contribution < -0.4 is 0 Å². The van der Waals surface area contributed by atoms with Crippen molar-refractivity contribution in [2.45, 2.75) is 0 Å². The van der Waals surface area contributed by atoms with Crippen LogP contribution in [0.15, 0.2) is 40.0 Å². The van der Waals surface area contributed by atoms with E-state index in [-0.39, 0.29) is 5.56 Å². The van der Waals surface area contributed by atoms with Crippen LogP contribution in [0.4, 0.5) is 14.5 Å². The Labute approximate surface area is 89.7 Å². The van der Waals surface area contributed by atoms with Crippen LogP contribution in [0.1, 0.15) is 5.56 Å². The summed E-state index contributed by atoms with van der Waals surface area (Å²) in [5, 5.41) is 3.73. The Bertz CT molecular complexity index is 477. The third kappa shape index (κ3) is 2.47. The molecule has 0 amide bonds. The van der Waals surface area contributed by atoms with E-state index in [9.17, 15) is 8.78 Å². The van der Waals surface area contributed by atoms with E-state index in [2.05, 4.69) is 4.99 Å². The molecule has 0 radical (unpaired) electrons. The molecule has 2 aromatic rings. The minimum Gasteiger partial charge on any atom is -0.255 e. The van der Waals surface area contributed by atoms with Crippen molar-refractivity contribution in [2.24, 2.45) is 4.99 Å². The van der Waals surface area contributed by atoms with Crippen LogP contribution in [-0.2, 0) is 0 Å². The summed E-state index contributed by atoms with van der Waals surface area (Å²) in [7, 11) is 0. The highest BCUT2D eigenvalue weighted by molar-refractivity contribution is 7.08. The molecule has 1 heterocycles. The molecule has 0 unspecified atom stereocenters. The lowest BCUT2D eigenvalue weighted by Crippen LogP contribution is -1.88. The predicted octanol–water partition coefficient (Wildman–Crippen LogP) is 3.78. The first-order chi connectivity index (χ1) is 7.25. The molecule has 0 aliphatic rings. The largest absolute Gasteiger partial charge is 0.255 e. The average Bonchev–Trinajstić information content (AvgIpc) is 2.69. The molecule has 0 saturated heterocycles. The molecular formula is C11H7F2NS. The Balaban J connectivity index is 2.24. The van der Waals surface area contributed by atoms with Crippen LogP contribution in [0.25, 0.3) is 0 Å². The van der Waals surface area contributed by atoms with Gasteiger partial charge < -0.3 is 0 Å². The van der Waals surface area contributed by atoms with Gasteiger partial charge in [-0.05, 0) is 23.6 Å². The number of hydrogen-bond donors (Lipinski definition) is 0. The lowest BCUT2D eigenvalue weighted by atomic mass is 10.2. The van der Waals surface area contributed by atoms with Crippen LogP contribution in [0.3, 0.4) is 0 Å². The Morgan fingerprint density at radius 3 is 2.73 bits per heavy atom. The summed E-state index contributed by atoms with van der Waals surface area (Å²) in [6.07, 6.45) is 1.39. The number of nitrogens with zero attached hydrogens (tertiary/aromatic N) is 1. The quantitative estimate of drug-likeness (QED) is 0.687. The van der Waals surface area contributed by atoms with Gasteiger partial charge in [-0.3, -0.25) is 4.99 Å². The van der Waals surface area contributed by atoms with Gasteiger partial charge in [0.2, 0.25) is 0 Å². The monoisotopic (exact) mass is 223 g/mol. The molecule has 15 heavy (non-hydrogen) atoms. The summed E-state index contributed by atoms with van der Waals surface area (Å²) in [6, 6.07) is 5.23. The van der Waals surface area contributed by atoms with Crippen LogP contribution >= 0.6 is 11.3 Å². The SMILES string of the molecule is Fc1ccc(C=Nc2ccsc2)c(F)c1. The van der Waals surface area contributed by atoms with Gasteiger partial charge in [-0.2, -0.15) is 11.3 Å². The fourth-order valence-corrected chi connectivity index (χ4v) is 1.66. The van der Waals surface area contributed by atoms with Gasteiger partial charge in [0.1, 0.15) is 11.6 Å². The minimum absolute atomic E-state index is 0.280. The van der Waals surface area contributed by atoms with Crippen LogP contribution in [0, 0.1) is 11.6 Å². The van der Waals surface area contributed by atoms with Gasteiger partial charge in [-0.25, -0.2) is 8.78 Å². The number of thiophene rings is 1. The smallest absolute Gasteiger partial charge is 0.134 e. The summed E-state index contributed by atoms with van der Waals surface area (Å²) in [4.78, 5) is 4.05. The molecule has 2 rings (SSSR count). The van der Waals surface area contributed by atoms with Crippen molar-refractivity contribution in [2.75, 3.05) is 0 Å². The minimum atomic E-state index is -0.603. The highest BCUT2D eigenvalue weighted by atomic mass is 32.1. The van der Waals surface area contributed by atoms with Crippen molar-refractivity contribution >= 4 is 23.2 Å². The van der Waals surface area contributed by atoms with Crippen molar-refractivity contribution in [1.82, 2.24) is 0 Å². The Kier molecular flexibility index (Phi) is 2.87. The van der Waals surface area contributed by atoms with E-state index in [4.69, 9.17) is 0 Å². The zero-order chi connectivity index (χ0) is 10.7. The van der Waals surface area contributed by atoms with Gasteiger partial charge in [0.15, 0.2) is 0 Å². The highest BCUT2D eigenvalue weighted by Crippen LogP contribution is 2.16. The standard InChI is InChI=1S/C11H7F2NS/c12-9-2-1-8(11(13)5-9)6-14-10-3-4-15-7-10/h1-7H. The van der Waals surface area contributed by atoms with Gasteiger partial charge in [-0.15, -0.1) is 0 Å². The van der Waals surface area contributed by atoms with E-state index in [0.717, 1.165) is 11.8 Å². The van der Waals surface area contributed by atoms with Crippen molar-refractivity contribution in [3.05, 3.63) is 52.2 Å². The summed E-state index contributed by atoms with van der Waals surface area (Å²) >= 11 is 1.51. The van der Waals surface area contributed by atoms with E-state index in [1.54, 1.807) is 0 Å². The molecule has 0 N–H and O–H groups in total. The molecule has 0 atom stereocenters. The second kappa shape index (κ2) is 4.31. The van der Waals surface area contributed by atoms with E-state index in [1.165, 1.54) is 29.7 Å². The van der Waals surface area contributed by atoms with Crippen molar-refractivity contribution in [3.8, 4) is 0 Å². The Morgan fingerprint density at radius 2 is 2.07 bits per heavy atom. The van der Waals surface area contributed by atoms with E-state index in [1.807, 2.05) is 16.8 Å². The fourth-order valence-electron chi connectivity index (χ4n) is 1.08. The van der Waals surface area contributed by atoms with E-state index >= 15 is 0 Å². The summed E-state index contributed by atoms with van der Waals surface area (Å²) in [5.74, 6) is -1.19. The second-order valence-corrected chi connectivity index (χ2v) is 3.69. The summed E-state index contributed by atoms with van der Waals surface area (Å²) < 4.78 is 25.7. The fraction of sp³-hybridized carbons (Fsp3) is 0. The first-order valence-corrected chi connectivity index (χ1v) is 5.21. The Morgan fingerprint density at radius 1 is 1.20 bits per heavy atom. The lowest BCUT2D eigenvalue weighted by molar-refractivity contribution is 0.582. The maximum atomic E-state index is 13.2. The lowest BCUT2D eigenvalue weighted by Gasteiger charge is -1.95. The summed E-state index contributed by atoms with van der Waals surface area (Å²) in [5.41, 5.74) is 1.05. The molecule has 4 heteroatoms. The topological polar surface area (TPSA) is 12.4 Å². The third-order valence-corrected chi connectivity index (χ3v) is 2.49. The molecule has 76 valence electrons. The number of rotatable bonds is 2. The third-order valence-electron chi connectivity index (χ3n) is 1.82. The first kappa shape index (κ1) is 9.98. The van der Waals surface area contributed by atoms with Gasteiger partial charge in [-0.1, -0.05) is 0 Å². The maximum absolute atomic E-state index is 13.2. The number of benzene rings is 1. The van der Waals surface area contributed by atoms with Crippen molar-refractivity contribution in [3.63, 3.8) is 0 Å². The Hall–Kier alpha value is -1.55. The van der Waals surface area contributed by atoms with Gasteiger partial charge >= 0.3 is 0 Å². The number of halogens is 2. The zero-order valence-electron chi connectivity index (χ0n) is 7.65. The zero-order valence-corrected chi connectivity index (χ0v) is 8.47. The highest BCUT2D eigenvalue weighted by Gasteiger charge is 2.00. The van der Waals surface area contributed by atoms with E-state index in [0.29, 0.717) is 0 Å². The van der Waals surface area contributed by atoms with Gasteiger partial charge in [0.25, 0.3) is 0 Å². The van der Waals surface area contributed by atoms with Crippen molar-refractivity contribution < 1.29 is 8.78 Å². The molecule has 1 aromatic heterocycles. The summed E-state index contributed by atoms with van der Waals surface area (Å²) in [6.45, 7) is 0. The molecule has 0 saturated carbocycles.